The molecule has 0 aliphatic carbocycles. The number of aromatic nitrogens is 2. The molecule has 0 spiro atoms. The summed E-state index contributed by atoms with van der Waals surface area (Å²) < 4.78 is 4.47. The Labute approximate surface area is 175 Å². The Morgan fingerprint density at radius 2 is 0.767 bits per heavy atom. The Morgan fingerprint density at radius 1 is 0.367 bits per heavy atom. The lowest BCUT2D eigenvalue weighted by Gasteiger charge is -2.09. The summed E-state index contributed by atoms with van der Waals surface area (Å²) in [7, 11) is 0. The number of nitrogens with zero attached hydrogens (tertiary/aromatic N) is 2. The van der Waals surface area contributed by atoms with Crippen LogP contribution >= 0.6 is 0 Å². The molecule has 0 radical (unpaired) electrons. The van der Waals surface area contributed by atoms with Gasteiger partial charge in [-0.3, -0.25) is 0 Å². The van der Waals surface area contributed by atoms with Gasteiger partial charge in [-0.1, -0.05) is 60.7 Å². The average Bonchev–Trinajstić information content (AvgIpc) is 3.44. The molecule has 2 heteroatoms. The maximum atomic E-state index is 2.24. The van der Waals surface area contributed by atoms with E-state index in [1.807, 2.05) is 0 Å². The predicted molar refractivity (Wildman–Crippen MR) is 126 cm³/mol. The first kappa shape index (κ1) is 16.9. The molecule has 6 aromatic rings. The fourth-order valence-corrected chi connectivity index (χ4v) is 4.25. The van der Waals surface area contributed by atoms with E-state index in [2.05, 4.69) is 131 Å². The van der Waals surface area contributed by atoms with Crippen LogP contribution in [0, 0.1) is 0 Å². The standard InChI is InChI=1S/C28H20N2/c1-3-7-27-23(5-1)17-19-29(27)25-13-9-21(10-14-25)22-11-15-26(16-12-22)30-20-18-24-6-2-4-8-28(24)30/h1-20H. The average molecular weight is 384 g/mol. The lowest BCUT2D eigenvalue weighted by atomic mass is 10.0. The van der Waals surface area contributed by atoms with Gasteiger partial charge in [-0.15, -0.1) is 0 Å². The first-order valence-corrected chi connectivity index (χ1v) is 10.2. The highest BCUT2D eigenvalue weighted by atomic mass is 15.0. The Balaban J connectivity index is 1.32. The van der Waals surface area contributed by atoms with Crippen LogP contribution in [0.2, 0.25) is 0 Å². The SMILES string of the molecule is c1ccc2c(c1)ccn2-c1ccc(-c2ccc(-n3ccc4ccccc43)cc2)cc1. The van der Waals surface area contributed by atoms with Crippen LogP contribution in [0.25, 0.3) is 44.3 Å². The predicted octanol–water partition coefficient (Wildman–Crippen LogP) is 7.24. The van der Waals surface area contributed by atoms with Crippen molar-refractivity contribution in [3.63, 3.8) is 0 Å². The van der Waals surface area contributed by atoms with E-state index in [-0.39, 0.29) is 0 Å². The van der Waals surface area contributed by atoms with E-state index in [9.17, 15) is 0 Å². The fraction of sp³-hybridized carbons (Fsp3) is 0. The van der Waals surface area contributed by atoms with Crippen LogP contribution in [0.1, 0.15) is 0 Å². The van der Waals surface area contributed by atoms with Crippen LogP contribution in [0.3, 0.4) is 0 Å². The van der Waals surface area contributed by atoms with Gasteiger partial charge in [0.05, 0.1) is 11.0 Å². The number of rotatable bonds is 3. The van der Waals surface area contributed by atoms with Crippen LogP contribution in [0.5, 0.6) is 0 Å². The van der Waals surface area contributed by atoms with Crippen LogP contribution in [-0.2, 0) is 0 Å². The molecule has 0 saturated carbocycles. The second kappa shape index (κ2) is 6.78. The number of para-hydroxylation sites is 2. The quantitative estimate of drug-likeness (QED) is 0.304. The van der Waals surface area contributed by atoms with Gasteiger partial charge in [0, 0.05) is 23.8 Å². The van der Waals surface area contributed by atoms with Gasteiger partial charge >= 0.3 is 0 Å². The Kier molecular flexibility index (Phi) is 3.82. The van der Waals surface area contributed by atoms with Gasteiger partial charge in [0.15, 0.2) is 0 Å². The molecule has 0 N–H and O–H groups in total. The van der Waals surface area contributed by atoms with Crippen molar-refractivity contribution in [2.24, 2.45) is 0 Å². The van der Waals surface area contributed by atoms with Crippen LogP contribution in [0.4, 0.5) is 0 Å². The summed E-state index contributed by atoms with van der Waals surface area (Å²) in [6.07, 6.45) is 4.27. The van der Waals surface area contributed by atoms with E-state index in [1.165, 1.54) is 44.3 Å². The second-order valence-corrected chi connectivity index (χ2v) is 7.58. The summed E-state index contributed by atoms with van der Waals surface area (Å²) >= 11 is 0. The zero-order valence-corrected chi connectivity index (χ0v) is 16.4. The third-order valence-corrected chi connectivity index (χ3v) is 5.82. The van der Waals surface area contributed by atoms with E-state index in [0.717, 1.165) is 0 Å². The molecule has 0 aliphatic heterocycles. The molecule has 0 amide bonds. The normalized spacial score (nSPS) is 11.3. The van der Waals surface area contributed by atoms with E-state index < -0.39 is 0 Å². The van der Waals surface area contributed by atoms with Crippen molar-refractivity contribution >= 4 is 21.8 Å². The first-order chi connectivity index (χ1) is 14.9. The Morgan fingerprint density at radius 3 is 1.20 bits per heavy atom. The summed E-state index contributed by atoms with van der Waals surface area (Å²) in [6.45, 7) is 0. The van der Waals surface area contributed by atoms with E-state index in [4.69, 9.17) is 0 Å². The summed E-state index contributed by atoms with van der Waals surface area (Å²) in [5, 5.41) is 2.52. The van der Waals surface area contributed by atoms with Crippen molar-refractivity contribution in [3.8, 4) is 22.5 Å². The fourth-order valence-electron chi connectivity index (χ4n) is 4.25. The van der Waals surface area contributed by atoms with Crippen LogP contribution in [-0.4, -0.2) is 9.13 Å². The van der Waals surface area contributed by atoms with Crippen LogP contribution < -0.4 is 0 Å². The Bertz CT molecular complexity index is 1350. The molecule has 0 atom stereocenters. The highest BCUT2D eigenvalue weighted by Crippen LogP contribution is 2.26. The van der Waals surface area contributed by atoms with Crippen molar-refractivity contribution in [1.29, 1.82) is 0 Å². The molecule has 4 aromatic carbocycles. The lowest BCUT2D eigenvalue weighted by Crippen LogP contribution is -1.92. The minimum atomic E-state index is 1.18. The maximum absolute atomic E-state index is 2.24. The summed E-state index contributed by atoms with van der Waals surface area (Å²) in [5.74, 6) is 0. The van der Waals surface area contributed by atoms with Gasteiger partial charge in [-0.2, -0.15) is 0 Å². The largest absolute Gasteiger partial charge is 0.317 e. The monoisotopic (exact) mass is 384 g/mol. The zero-order chi connectivity index (χ0) is 19.9. The highest BCUT2D eigenvalue weighted by Gasteiger charge is 2.05. The number of fused-ring (bicyclic) bond motifs is 2. The van der Waals surface area contributed by atoms with Gasteiger partial charge in [-0.25, -0.2) is 0 Å². The maximum Gasteiger partial charge on any atom is 0.0528 e. The minimum Gasteiger partial charge on any atom is -0.317 e. The molecular weight excluding hydrogens is 364 g/mol. The van der Waals surface area contributed by atoms with Crippen LogP contribution in [0.15, 0.2) is 122 Å². The molecule has 2 nitrogen and oxygen atoms in total. The molecule has 0 bridgehead atoms. The molecule has 0 fully saturated rings. The summed E-state index contributed by atoms with van der Waals surface area (Å²) in [6, 6.07) is 38.8. The third-order valence-electron chi connectivity index (χ3n) is 5.82. The second-order valence-electron chi connectivity index (χ2n) is 7.58. The van der Waals surface area contributed by atoms with Crippen molar-refractivity contribution < 1.29 is 0 Å². The number of benzene rings is 4. The van der Waals surface area contributed by atoms with Crippen molar-refractivity contribution in [2.45, 2.75) is 0 Å². The molecule has 0 aliphatic rings. The topological polar surface area (TPSA) is 9.86 Å². The lowest BCUT2D eigenvalue weighted by molar-refractivity contribution is 1.13. The van der Waals surface area contributed by atoms with Gasteiger partial charge < -0.3 is 9.13 Å². The minimum absolute atomic E-state index is 1.18. The summed E-state index contributed by atoms with van der Waals surface area (Å²) in [4.78, 5) is 0. The highest BCUT2D eigenvalue weighted by molar-refractivity contribution is 5.83. The van der Waals surface area contributed by atoms with Gasteiger partial charge in [0.2, 0.25) is 0 Å². The molecule has 2 aromatic heterocycles. The van der Waals surface area contributed by atoms with E-state index >= 15 is 0 Å². The Hall–Kier alpha value is -4.04. The van der Waals surface area contributed by atoms with Gasteiger partial charge in [-0.05, 0) is 70.4 Å². The van der Waals surface area contributed by atoms with Crippen molar-refractivity contribution in [2.75, 3.05) is 0 Å². The molecule has 0 unspecified atom stereocenters. The van der Waals surface area contributed by atoms with Crippen molar-refractivity contribution in [3.05, 3.63) is 122 Å². The van der Waals surface area contributed by atoms with E-state index in [1.54, 1.807) is 0 Å². The molecule has 2 heterocycles. The molecule has 30 heavy (non-hydrogen) atoms. The van der Waals surface area contributed by atoms with Gasteiger partial charge in [0.1, 0.15) is 0 Å². The molecule has 142 valence electrons. The number of hydrogen-bond acceptors (Lipinski definition) is 0. The molecule has 6 rings (SSSR count). The zero-order valence-electron chi connectivity index (χ0n) is 16.4. The first-order valence-electron chi connectivity index (χ1n) is 10.2. The smallest absolute Gasteiger partial charge is 0.0528 e. The summed E-state index contributed by atoms with van der Waals surface area (Å²) in [5.41, 5.74) is 7.26. The third kappa shape index (κ3) is 2.73. The number of hydrogen-bond donors (Lipinski definition) is 0. The molecular formula is C28H20N2. The van der Waals surface area contributed by atoms with Crippen molar-refractivity contribution in [1.82, 2.24) is 9.13 Å². The van der Waals surface area contributed by atoms with Gasteiger partial charge in [0.25, 0.3) is 0 Å². The molecule has 0 saturated heterocycles. The van der Waals surface area contributed by atoms with E-state index in [0.29, 0.717) is 0 Å².